The number of rotatable bonds is 12. The van der Waals surface area contributed by atoms with Crippen molar-refractivity contribution in [1.29, 1.82) is 0 Å². The van der Waals surface area contributed by atoms with Gasteiger partial charge in [0.25, 0.3) is 0 Å². The van der Waals surface area contributed by atoms with Crippen LogP contribution in [0, 0.1) is 12.8 Å². The van der Waals surface area contributed by atoms with Crippen molar-refractivity contribution in [3.8, 4) is 0 Å². The van der Waals surface area contributed by atoms with Gasteiger partial charge >= 0.3 is 0 Å². The smallest absolute Gasteiger partial charge is 0.244 e. The van der Waals surface area contributed by atoms with Gasteiger partial charge in [-0.3, -0.25) is 13.9 Å². The Bertz CT molecular complexity index is 1430. The summed E-state index contributed by atoms with van der Waals surface area (Å²) in [4.78, 5) is 29.1. The number of hydrogen-bond donors (Lipinski definition) is 1. The Balaban J connectivity index is 2.07. The van der Waals surface area contributed by atoms with Crippen LogP contribution in [0.3, 0.4) is 0 Å². The summed E-state index contributed by atoms with van der Waals surface area (Å²) in [6.07, 6.45) is 1.26. The average molecular weight is 605 g/mol. The molecular weight excluding hydrogens is 569 g/mol. The first-order valence-electron chi connectivity index (χ1n) is 12.9. The first-order chi connectivity index (χ1) is 18.9. The van der Waals surface area contributed by atoms with Crippen LogP contribution in [0.25, 0.3) is 0 Å². The molecule has 10 heteroatoms. The first kappa shape index (κ1) is 31.5. The number of benzene rings is 3. The van der Waals surface area contributed by atoms with E-state index in [0.717, 1.165) is 21.7 Å². The SMILES string of the molecule is Cc1ccc(N(CC(=O)N(Cc2ccccc2Cl)C(Cc2ccccc2)C(=O)NCC(C)C)S(C)(=O)=O)cc1Cl. The summed E-state index contributed by atoms with van der Waals surface area (Å²) in [5, 5.41) is 3.77. The second-order valence-electron chi connectivity index (χ2n) is 10.2. The molecule has 3 rings (SSSR count). The Morgan fingerprint density at radius 2 is 1.57 bits per heavy atom. The molecule has 0 heterocycles. The molecule has 3 aromatic carbocycles. The largest absolute Gasteiger partial charge is 0.354 e. The Kier molecular flexibility index (Phi) is 11.0. The van der Waals surface area contributed by atoms with E-state index < -0.39 is 28.5 Å². The Morgan fingerprint density at radius 3 is 2.17 bits per heavy atom. The number of aryl methyl sites for hydroxylation is 1. The lowest BCUT2D eigenvalue weighted by molar-refractivity contribution is -0.140. The summed E-state index contributed by atoms with van der Waals surface area (Å²) >= 11 is 12.8. The van der Waals surface area contributed by atoms with Gasteiger partial charge in [-0.05, 0) is 47.7 Å². The van der Waals surface area contributed by atoms with Gasteiger partial charge in [-0.25, -0.2) is 8.42 Å². The second kappa shape index (κ2) is 14.0. The van der Waals surface area contributed by atoms with Crippen LogP contribution >= 0.6 is 23.2 Å². The van der Waals surface area contributed by atoms with E-state index in [1.165, 1.54) is 11.0 Å². The molecule has 214 valence electrons. The Morgan fingerprint density at radius 1 is 0.925 bits per heavy atom. The summed E-state index contributed by atoms with van der Waals surface area (Å²) in [6.45, 7) is 5.68. The van der Waals surface area contributed by atoms with Crippen molar-refractivity contribution in [1.82, 2.24) is 10.2 Å². The average Bonchev–Trinajstić information content (AvgIpc) is 2.90. The van der Waals surface area contributed by atoms with Crippen LogP contribution in [0.4, 0.5) is 5.69 Å². The van der Waals surface area contributed by atoms with Gasteiger partial charge in [0.15, 0.2) is 0 Å². The van der Waals surface area contributed by atoms with Crippen molar-refractivity contribution >= 4 is 50.7 Å². The molecule has 0 aliphatic heterocycles. The van der Waals surface area contributed by atoms with E-state index in [4.69, 9.17) is 23.2 Å². The maximum atomic E-state index is 14.1. The molecule has 1 N–H and O–H groups in total. The minimum atomic E-state index is -3.88. The summed E-state index contributed by atoms with van der Waals surface area (Å²) in [5.74, 6) is -0.689. The molecule has 0 saturated carbocycles. The maximum absolute atomic E-state index is 14.1. The molecule has 1 unspecified atom stereocenters. The molecule has 3 aromatic rings. The summed E-state index contributed by atoms with van der Waals surface area (Å²) in [7, 11) is -3.88. The third-order valence-corrected chi connectivity index (χ3v) is 8.29. The van der Waals surface area contributed by atoms with Crippen molar-refractivity contribution in [3.63, 3.8) is 0 Å². The van der Waals surface area contributed by atoms with Gasteiger partial charge in [-0.15, -0.1) is 0 Å². The van der Waals surface area contributed by atoms with E-state index in [-0.39, 0.29) is 30.5 Å². The fraction of sp³-hybridized carbons (Fsp3) is 0.333. The minimum Gasteiger partial charge on any atom is -0.354 e. The molecule has 0 fully saturated rings. The van der Waals surface area contributed by atoms with E-state index in [0.29, 0.717) is 22.2 Å². The molecule has 1 atom stereocenters. The standard InChI is InChI=1S/C30H35Cl2N3O4S/c1-21(2)18-33-30(37)28(16-23-10-6-5-7-11-23)34(19-24-12-8-9-13-26(24)31)29(36)20-35(40(4,38)39)25-15-14-22(3)27(32)17-25/h5-15,17,21,28H,16,18-20H2,1-4H3,(H,33,37). The molecule has 0 aliphatic carbocycles. The number of nitrogens with one attached hydrogen (secondary N) is 1. The van der Waals surface area contributed by atoms with Gasteiger partial charge in [-0.1, -0.05) is 91.6 Å². The highest BCUT2D eigenvalue weighted by molar-refractivity contribution is 7.92. The van der Waals surface area contributed by atoms with Gasteiger partial charge < -0.3 is 10.2 Å². The lowest BCUT2D eigenvalue weighted by Gasteiger charge is -2.34. The zero-order valence-corrected chi connectivity index (χ0v) is 25.4. The number of carbonyl (C=O) groups excluding carboxylic acids is 2. The molecule has 0 spiro atoms. The summed E-state index contributed by atoms with van der Waals surface area (Å²) in [6, 6.07) is 20.3. The molecule has 40 heavy (non-hydrogen) atoms. The van der Waals surface area contributed by atoms with E-state index in [2.05, 4.69) is 5.32 Å². The Hall–Kier alpha value is -3.07. The number of halogens is 2. The van der Waals surface area contributed by atoms with Crippen LogP contribution in [-0.4, -0.2) is 50.5 Å². The van der Waals surface area contributed by atoms with Crippen molar-refractivity contribution in [2.75, 3.05) is 23.7 Å². The molecule has 0 radical (unpaired) electrons. The van der Waals surface area contributed by atoms with E-state index in [1.54, 1.807) is 43.3 Å². The Labute approximate surface area is 247 Å². The molecule has 0 aliphatic rings. The monoisotopic (exact) mass is 603 g/mol. The van der Waals surface area contributed by atoms with Crippen LogP contribution in [0.5, 0.6) is 0 Å². The zero-order valence-electron chi connectivity index (χ0n) is 23.1. The second-order valence-corrected chi connectivity index (χ2v) is 12.9. The molecule has 2 amide bonds. The number of sulfonamides is 1. The van der Waals surface area contributed by atoms with Crippen molar-refractivity contribution in [3.05, 3.63) is 99.5 Å². The normalized spacial score (nSPS) is 12.2. The zero-order chi connectivity index (χ0) is 29.4. The van der Waals surface area contributed by atoms with Gasteiger partial charge in [0.2, 0.25) is 21.8 Å². The van der Waals surface area contributed by atoms with Crippen molar-refractivity contribution in [2.45, 2.75) is 39.8 Å². The van der Waals surface area contributed by atoms with Crippen LogP contribution in [0.1, 0.15) is 30.5 Å². The summed E-state index contributed by atoms with van der Waals surface area (Å²) in [5.41, 5.74) is 2.52. The van der Waals surface area contributed by atoms with Crippen LogP contribution in [0.2, 0.25) is 10.0 Å². The van der Waals surface area contributed by atoms with Crippen LogP contribution < -0.4 is 9.62 Å². The molecule has 0 bridgehead atoms. The highest BCUT2D eigenvalue weighted by atomic mass is 35.5. The van der Waals surface area contributed by atoms with Crippen LogP contribution in [0.15, 0.2) is 72.8 Å². The van der Waals surface area contributed by atoms with E-state index >= 15 is 0 Å². The predicted octanol–water partition coefficient (Wildman–Crippen LogP) is 5.48. The van der Waals surface area contributed by atoms with Gasteiger partial charge in [0, 0.05) is 29.6 Å². The van der Waals surface area contributed by atoms with Gasteiger partial charge in [-0.2, -0.15) is 0 Å². The number of hydrogen-bond acceptors (Lipinski definition) is 4. The topological polar surface area (TPSA) is 86.8 Å². The number of anilines is 1. The fourth-order valence-electron chi connectivity index (χ4n) is 4.14. The highest BCUT2D eigenvalue weighted by Gasteiger charge is 2.33. The first-order valence-corrected chi connectivity index (χ1v) is 15.6. The molecule has 0 aromatic heterocycles. The van der Waals surface area contributed by atoms with Crippen LogP contribution in [-0.2, 0) is 32.6 Å². The predicted molar refractivity (Wildman–Crippen MR) is 162 cm³/mol. The van der Waals surface area contributed by atoms with Crippen molar-refractivity contribution in [2.24, 2.45) is 5.92 Å². The third-order valence-electron chi connectivity index (χ3n) is 6.38. The number of nitrogens with zero attached hydrogens (tertiary/aromatic N) is 2. The van der Waals surface area contributed by atoms with E-state index in [9.17, 15) is 18.0 Å². The molecular formula is C30H35Cl2N3O4S. The number of carbonyl (C=O) groups is 2. The molecule has 0 saturated heterocycles. The highest BCUT2D eigenvalue weighted by Crippen LogP contribution is 2.26. The lowest BCUT2D eigenvalue weighted by Crippen LogP contribution is -2.53. The number of amides is 2. The molecule has 7 nitrogen and oxygen atoms in total. The lowest BCUT2D eigenvalue weighted by atomic mass is 10.0. The van der Waals surface area contributed by atoms with Gasteiger partial charge in [0.1, 0.15) is 12.6 Å². The third kappa shape index (κ3) is 8.71. The fourth-order valence-corrected chi connectivity index (χ4v) is 5.35. The van der Waals surface area contributed by atoms with Gasteiger partial charge in [0.05, 0.1) is 11.9 Å². The quantitative estimate of drug-likeness (QED) is 0.297. The minimum absolute atomic E-state index is 0.0113. The van der Waals surface area contributed by atoms with Crippen molar-refractivity contribution < 1.29 is 18.0 Å². The maximum Gasteiger partial charge on any atom is 0.244 e. The summed E-state index contributed by atoms with van der Waals surface area (Å²) < 4.78 is 26.8. The van der Waals surface area contributed by atoms with E-state index in [1.807, 2.05) is 44.2 Å².